The number of aromatic nitrogens is 5. The number of para-hydroxylation sites is 1. The summed E-state index contributed by atoms with van der Waals surface area (Å²) in [7, 11) is 0. The van der Waals surface area contributed by atoms with Crippen molar-refractivity contribution < 1.29 is 9.53 Å². The summed E-state index contributed by atoms with van der Waals surface area (Å²) in [6.07, 6.45) is 2.05. The van der Waals surface area contributed by atoms with Gasteiger partial charge in [-0.05, 0) is 31.0 Å². The van der Waals surface area contributed by atoms with Crippen molar-refractivity contribution in [3.63, 3.8) is 0 Å². The van der Waals surface area contributed by atoms with E-state index >= 15 is 0 Å². The number of nitrogens with two attached hydrogens (primary N) is 1. The summed E-state index contributed by atoms with van der Waals surface area (Å²) in [5.41, 5.74) is 7.43. The molecule has 1 aromatic carbocycles. The van der Waals surface area contributed by atoms with Gasteiger partial charge in [-0.15, -0.1) is 11.3 Å². The number of rotatable bonds is 7. The highest BCUT2D eigenvalue weighted by molar-refractivity contribution is 7.18. The molecule has 1 saturated heterocycles. The van der Waals surface area contributed by atoms with E-state index in [1.54, 1.807) is 11.3 Å². The van der Waals surface area contributed by atoms with Gasteiger partial charge in [-0.3, -0.25) is 4.79 Å². The van der Waals surface area contributed by atoms with E-state index in [0.29, 0.717) is 49.8 Å². The Morgan fingerprint density at radius 1 is 1.21 bits per heavy atom. The zero-order chi connectivity index (χ0) is 22.8. The summed E-state index contributed by atoms with van der Waals surface area (Å²) in [5.74, 6) is 1.99. The Bertz CT molecular complexity index is 1280. The molecule has 172 valence electrons. The normalized spacial score (nSPS) is 14.3. The number of aryl methyl sites for hydroxylation is 1. The third-order valence-electron chi connectivity index (χ3n) is 5.82. The molecule has 33 heavy (non-hydrogen) atoms. The molecular weight excluding hydrogens is 440 g/mol. The van der Waals surface area contributed by atoms with Crippen LogP contribution in [0.1, 0.15) is 24.6 Å². The second-order valence-electron chi connectivity index (χ2n) is 7.96. The van der Waals surface area contributed by atoms with Crippen molar-refractivity contribution in [2.45, 2.75) is 26.2 Å². The average Bonchev–Trinajstić information content (AvgIpc) is 3.48. The quantitative estimate of drug-likeness (QED) is 0.398. The number of thiophene rings is 1. The molecule has 0 radical (unpaired) electrons. The Balaban J connectivity index is 1.14. The minimum Gasteiger partial charge on any atom is -0.491 e. The smallest absolute Gasteiger partial charge is 0.223 e. The highest BCUT2D eigenvalue weighted by Gasteiger charge is 2.24. The molecule has 3 aromatic heterocycles. The number of benzene rings is 1. The first-order chi connectivity index (χ1) is 16.1. The van der Waals surface area contributed by atoms with Crippen LogP contribution in [0.15, 0.2) is 24.3 Å². The van der Waals surface area contributed by atoms with Crippen LogP contribution in [-0.2, 0) is 11.2 Å². The number of nitrogens with one attached hydrogen (secondary N) is 1. The maximum absolute atomic E-state index is 12.7. The lowest BCUT2D eigenvalue weighted by Crippen LogP contribution is -2.49. The second kappa shape index (κ2) is 9.18. The number of hydrogen-bond donors (Lipinski definition) is 2. The van der Waals surface area contributed by atoms with Crippen LogP contribution in [0, 0.1) is 0 Å². The molecule has 0 saturated carbocycles. The molecule has 0 spiro atoms. The summed E-state index contributed by atoms with van der Waals surface area (Å²) in [6, 6.07) is 7.77. The number of ether oxygens (including phenoxy) is 1. The number of nitrogen functional groups attached to an aromatic ring is 1. The molecule has 1 aliphatic heterocycles. The number of nitrogens with zero attached hydrogens (tertiary/aromatic N) is 6. The van der Waals surface area contributed by atoms with Crippen LogP contribution >= 0.6 is 11.3 Å². The van der Waals surface area contributed by atoms with Crippen LogP contribution in [0.25, 0.3) is 21.3 Å². The molecule has 1 fully saturated rings. The first kappa shape index (κ1) is 21.4. The highest BCUT2D eigenvalue weighted by Crippen LogP contribution is 2.32. The number of amides is 1. The van der Waals surface area contributed by atoms with Crippen molar-refractivity contribution in [1.82, 2.24) is 30.3 Å². The van der Waals surface area contributed by atoms with Gasteiger partial charge in [0, 0.05) is 37.5 Å². The lowest BCUT2D eigenvalue weighted by Gasteiger charge is -2.35. The van der Waals surface area contributed by atoms with Gasteiger partial charge in [0.15, 0.2) is 5.52 Å². The number of fused-ring (bicyclic) bond motifs is 2. The van der Waals surface area contributed by atoms with E-state index in [4.69, 9.17) is 10.5 Å². The van der Waals surface area contributed by atoms with Crippen LogP contribution in [0.3, 0.4) is 0 Å². The fourth-order valence-corrected chi connectivity index (χ4v) is 5.05. The minimum atomic E-state index is 0.147. The lowest BCUT2D eigenvalue weighted by atomic mass is 10.2. The maximum Gasteiger partial charge on any atom is 0.223 e. The number of carbonyl (C=O) groups is 1. The zero-order valence-corrected chi connectivity index (χ0v) is 19.3. The molecule has 4 heterocycles. The van der Waals surface area contributed by atoms with Gasteiger partial charge >= 0.3 is 0 Å². The molecule has 1 aliphatic rings. The van der Waals surface area contributed by atoms with Crippen molar-refractivity contribution in [1.29, 1.82) is 0 Å². The largest absolute Gasteiger partial charge is 0.491 e. The van der Waals surface area contributed by atoms with Gasteiger partial charge in [-0.25, -0.2) is 4.98 Å². The molecule has 0 aliphatic carbocycles. The van der Waals surface area contributed by atoms with E-state index in [0.717, 1.165) is 41.1 Å². The van der Waals surface area contributed by atoms with Crippen LogP contribution in [0.5, 0.6) is 5.75 Å². The molecule has 11 heteroatoms. The lowest BCUT2D eigenvalue weighted by molar-refractivity contribution is -0.131. The number of piperazine rings is 1. The van der Waals surface area contributed by atoms with E-state index in [9.17, 15) is 4.79 Å². The first-order valence-electron chi connectivity index (χ1n) is 11.1. The molecular formula is C22H26N8O2S. The Kier molecular flexibility index (Phi) is 5.95. The monoisotopic (exact) mass is 466 g/mol. The van der Waals surface area contributed by atoms with E-state index in [2.05, 4.69) is 43.3 Å². The van der Waals surface area contributed by atoms with E-state index in [1.807, 2.05) is 23.1 Å². The van der Waals surface area contributed by atoms with E-state index in [-0.39, 0.29) is 5.91 Å². The summed E-state index contributed by atoms with van der Waals surface area (Å²) in [5, 5.41) is 11.8. The third-order valence-corrected chi connectivity index (χ3v) is 7.00. The topological polar surface area (TPSA) is 126 Å². The second-order valence-corrected chi connectivity index (χ2v) is 9.07. The molecule has 5 rings (SSSR count). The maximum atomic E-state index is 12.7. The number of carbonyl (C=O) groups excluding carboxylic acids is 1. The van der Waals surface area contributed by atoms with Crippen molar-refractivity contribution in [3.8, 4) is 5.75 Å². The van der Waals surface area contributed by atoms with Crippen molar-refractivity contribution in [2.24, 2.45) is 0 Å². The fraction of sp³-hybridized carbons (Fsp3) is 0.409. The van der Waals surface area contributed by atoms with E-state index in [1.165, 1.54) is 4.88 Å². The molecule has 10 nitrogen and oxygen atoms in total. The number of aromatic amines is 1. The molecule has 1 amide bonds. The van der Waals surface area contributed by atoms with Crippen LogP contribution in [0.4, 0.5) is 11.8 Å². The SMILES string of the molecule is CCc1cc2c(N3CCN(C(=O)CCCOc4cccc5n[nH]nc45)CC3)nc(N)nc2s1. The molecule has 3 N–H and O–H groups in total. The van der Waals surface area contributed by atoms with Crippen LogP contribution in [0.2, 0.25) is 0 Å². The van der Waals surface area contributed by atoms with Crippen LogP contribution in [-0.4, -0.2) is 69.0 Å². The fourth-order valence-electron chi connectivity index (χ4n) is 4.08. The Hall–Kier alpha value is -3.47. The summed E-state index contributed by atoms with van der Waals surface area (Å²) in [4.78, 5) is 27.9. The molecule has 0 bridgehead atoms. The van der Waals surface area contributed by atoms with Crippen LogP contribution < -0.4 is 15.4 Å². The number of H-pyrrole nitrogens is 1. The van der Waals surface area contributed by atoms with Gasteiger partial charge in [0.05, 0.1) is 12.0 Å². The minimum absolute atomic E-state index is 0.147. The molecule has 0 atom stereocenters. The van der Waals surface area contributed by atoms with Gasteiger partial charge in [-0.1, -0.05) is 13.0 Å². The van der Waals surface area contributed by atoms with Crippen molar-refractivity contribution in [2.75, 3.05) is 43.4 Å². The summed E-state index contributed by atoms with van der Waals surface area (Å²) >= 11 is 1.66. The predicted molar refractivity (Wildman–Crippen MR) is 129 cm³/mol. The summed E-state index contributed by atoms with van der Waals surface area (Å²) in [6.45, 7) is 5.35. The average molecular weight is 467 g/mol. The van der Waals surface area contributed by atoms with Crippen molar-refractivity contribution >= 4 is 50.3 Å². The first-order valence-corrected chi connectivity index (χ1v) is 11.9. The molecule has 4 aromatic rings. The van der Waals surface area contributed by atoms with Crippen molar-refractivity contribution in [3.05, 3.63) is 29.1 Å². The zero-order valence-electron chi connectivity index (χ0n) is 18.5. The number of anilines is 2. The summed E-state index contributed by atoms with van der Waals surface area (Å²) < 4.78 is 5.83. The standard InChI is InChI=1S/C22H26N8O2S/c1-2-14-13-15-20(24-22(23)25-21(15)33-14)30-10-8-29(9-11-30)18(31)7-4-12-32-17-6-3-5-16-19(17)27-28-26-16/h3,5-6,13H,2,4,7-12H2,1H3,(H2,23,24,25)(H,26,27,28). The van der Waals surface area contributed by atoms with Gasteiger partial charge in [0.25, 0.3) is 0 Å². The third kappa shape index (κ3) is 4.40. The molecule has 0 unspecified atom stereocenters. The Labute approximate surface area is 194 Å². The van der Waals surface area contributed by atoms with Gasteiger partial charge < -0.3 is 20.3 Å². The Morgan fingerprint density at radius 3 is 2.88 bits per heavy atom. The Morgan fingerprint density at radius 2 is 2.06 bits per heavy atom. The highest BCUT2D eigenvalue weighted by atomic mass is 32.1. The number of hydrogen-bond acceptors (Lipinski definition) is 9. The van der Waals surface area contributed by atoms with Gasteiger partial charge in [0.2, 0.25) is 11.9 Å². The van der Waals surface area contributed by atoms with E-state index < -0.39 is 0 Å². The predicted octanol–water partition coefficient (Wildman–Crippen LogP) is 2.61. The van der Waals surface area contributed by atoms with Gasteiger partial charge in [0.1, 0.15) is 21.9 Å². The van der Waals surface area contributed by atoms with Gasteiger partial charge in [-0.2, -0.15) is 20.4 Å².